The largest absolute Gasteiger partial charge is 0.348 e. The average Bonchev–Trinajstić information content (AvgIpc) is 3.00. The van der Waals surface area contributed by atoms with Crippen LogP contribution < -0.4 is 10.6 Å². The molecule has 0 atom stereocenters. The van der Waals surface area contributed by atoms with Crippen molar-refractivity contribution >= 4 is 17.5 Å². The van der Waals surface area contributed by atoms with Crippen LogP contribution in [0.3, 0.4) is 0 Å². The van der Waals surface area contributed by atoms with Crippen molar-refractivity contribution in [2.24, 2.45) is 0 Å². The second-order valence-electron chi connectivity index (χ2n) is 7.73. The molecule has 1 aromatic heterocycles. The van der Waals surface area contributed by atoms with E-state index in [0.717, 1.165) is 54.9 Å². The first-order valence-electron chi connectivity index (χ1n) is 9.77. The summed E-state index contributed by atoms with van der Waals surface area (Å²) >= 11 is 0. The molecule has 0 unspecified atom stereocenters. The molecular formula is C21H29N5O2. The average molecular weight is 383 g/mol. The zero-order chi connectivity index (χ0) is 20.3. The Bertz CT molecular complexity index is 865. The number of hydrogen-bond donors (Lipinski definition) is 2. The Labute approximate surface area is 166 Å². The molecule has 0 spiro atoms. The fraction of sp³-hybridized carbons (Fsp3) is 0.476. The molecule has 1 aromatic carbocycles. The number of anilines is 1. The van der Waals surface area contributed by atoms with Gasteiger partial charge < -0.3 is 20.1 Å². The number of carbonyl (C=O) groups excluding carboxylic acids is 2. The molecule has 150 valence electrons. The third-order valence-corrected chi connectivity index (χ3v) is 4.86. The Hall–Kier alpha value is -2.67. The van der Waals surface area contributed by atoms with Gasteiger partial charge in [0.25, 0.3) is 11.8 Å². The highest BCUT2D eigenvalue weighted by Gasteiger charge is 2.27. The molecule has 0 saturated carbocycles. The fourth-order valence-corrected chi connectivity index (χ4v) is 3.61. The summed E-state index contributed by atoms with van der Waals surface area (Å²) in [6.45, 7) is 6.00. The third kappa shape index (κ3) is 4.59. The van der Waals surface area contributed by atoms with Crippen molar-refractivity contribution < 1.29 is 9.59 Å². The smallest absolute Gasteiger partial charge is 0.287 e. The van der Waals surface area contributed by atoms with Crippen molar-refractivity contribution in [2.45, 2.75) is 39.7 Å². The molecule has 2 N–H and O–H groups in total. The van der Waals surface area contributed by atoms with Crippen LogP contribution in [0.5, 0.6) is 0 Å². The van der Waals surface area contributed by atoms with Crippen LogP contribution in [-0.2, 0) is 13.0 Å². The van der Waals surface area contributed by atoms with Gasteiger partial charge in [0.1, 0.15) is 0 Å². The molecule has 7 nitrogen and oxygen atoms in total. The SMILES string of the molecule is Cc1cc(C)cc(NC(=O)c2nc(C(=O)NCCN(C)C)n3c2CCCC3)c1. The number of imidazole rings is 1. The minimum atomic E-state index is -0.261. The van der Waals surface area contributed by atoms with Crippen LogP contribution in [0.2, 0.25) is 0 Å². The molecule has 1 aliphatic heterocycles. The predicted octanol–water partition coefficient (Wildman–Crippen LogP) is 2.38. The number of nitrogens with zero attached hydrogens (tertiary/aromatic N) is 3. The lowest BCUT2D eigenvalue weighted by molar-refractivity contribution is 0.0935. The van der Waals surface area contributed by atoms with Crippen LogP contribution >= 0.6 is 0 Å². The van der Waals surface area contributed by atoms with E-state index in [2.05, 4.69) is 21.7 Å². The van der Waals surface area contributed by atoms with Gasteiger partial charge in [-0.15, -0.1) is 0 Å². The molecular weight excluding hydrogens is 354 g/mol. The molecule has 0 radical (unpaired) electrons. The number of amides is 2. The van der Waals surface area contributed by atoms with Crippen LogP contribution in [-0.4, -0.2) is 53.5 Å². The molecule has 2 aromatic rings. The standard InChI is InChI=1S/C21H29N5O2/c1-14-11-15(2)13-16(12-14)23-20(27)18-17-7-5-6-9-26(17)19(24-18)21(28)22-8-10-25(3)4/h11-13H,5-10H2,1-4H3,(H,22,28)(H,23,27). The number of nitrogens with one attached hydrogen (secondary N) is 2. The number of carbonyl (C=O) groups is 2. The van der Waals surface area contributed by atoms with E-state index in [0.29, 0.717) is 18.1 Å². The lowest BCUT2D eigenvalue weighted by Crippen LogP contribution is -2.33. The molecule has 0 aliphatic carbocycles. The first-order valence-corrected chi connectivity index (χ1v) is 9.77. The minimum absolute atomic E-state index is 0.226. The predicted molar refractivity (Wildman–Crippen MR) is 110 cm³/mol. The molecule has 0 saturated heterocycles. The van der Waals surface area contributed by atoms with E-state index in [4.69, 9.17) is 0 Å². The third-order valence-electron chi connectivity index (χ3n) is 4.86. The van der Waals surface area contributed by atoms with Crippen LogP contribution in [0.4, 0.5) is 5.69 Å². The summed E-state index contributed by atoms with van der Waals surface area (Å²) < 4.78 is 1.91. The summed E-state index contributed by atoms with van der Waals surface area (Å²) in [5.41, 5.74) is 4.13. The van der Waals surface area contributed by atoms with Crippen molar-refractivity contribution in [1.82, 2.24) is 19.8 Å². The Morgan fingerprint density at radius 2 is 1.82 bits per heavy atom. The maximum Gasteiger partial charge on any atom is 0.287 e. The van der Waals surface area contributed by atoms with Gasteiger partial charge in [0.2, 0.25) is 0 Å². The summed E-state index contributed by atoms with van der Waals surface area (Å²) in [6.07, 6.45) is 2.74. The van der Waals surface area contributed by atoms with Gasteiger partial charge in [0.15, 0.2) is 11.5 Å². The van der Waals surface area contributed by atoms with Gasteiger partial charge in [-0.3, -0.25) is 9.59 Å². The number of aromatic nitrogens is 2. The number of likely N-dealkylation sites (N-methyl/N-ethyl adjacent to an activating group) is 1. The van der Waals surface area contributed by atoms with E-state index < -0.39 is 0 Å². The van der Waals surface area contributed by atoms with Crippen molar-refractivity contribution in [3.63, 3.8) is 0 Å². The minimum Gasteiger partial charge on any atom is -0.348 e. The van der Waals surface area contributed by atoms with Gasteiger partial charge in [-0.25, -0.2) is 4.98 Å². The Morgan fingerprint density at radius 1 is 1.11 bits per heavy atom. The molecule has 2 heterocycles. The number of fused-ring (bicyclic) bond motifs is 1. The van der Waals surface area contributed by atoms with Crippen LogP contribution in [0.15, 0.2) is 18.2 Å². The van der Waals surface area contributed by atoms with Gasteiger partial charge in [-0.1, -0.05) is 6.07 Å². The molecule has 28 heavy (non-hydrogen) atoms. The molecule has 7 heteroatoms. The Kier molecular flexibility index (Phi) is 6.14. The molecule has 0 bridgehead atoms. The van der Waals surface area contributed by atoms with E-state index in [1.807, 2.05) is 49.5 Å². The van der Waals surface area contributed by atoms with E-state index in [9.17, 15) is 9.59 Å². The first kappa shape index (κ1) is 20.1. The zero-order valence-electron chi connectivity index (χ0n) is 17.1. The Morgan fingerprint density at radius 3 is 2.50 bits per heavy atom. The number of rotatable bonds is 6. The van der Waals surface area contributed by atoms with Gasteiger partial charge in [0, 0.05) is 25.3 Å². The van der Waals surface area contributed by atoms with Crippen LogP contribution in [0, 0.1) is 13.8 Å². The zero-order valence-corrected chi connectivity index (χ0v) is 17.1. The highest BCUT2D eigenvalue weighted by Crippen LogP contribution is 2.23. The molecule has 0 fully saturated rings. The highest BCUT2D eigenvalue weighted by atomic mass is 16.2. The summed E-state index contributed by atoms with van der Waals surface area (Å²) in [7, 11) is 3.91. The fourth-order valence-electron chi connectivity index (χ4n) is 3.61. The van der Waals surface area contributed by atoms with E-state index in [1.165, 1.54) is 0 Å². The second-order valence-corrected chi connectivity index (χ2v) is 7.73. The monoisotopic (exact) mass is 383 g/mol. The summed E-state index contributed by atoms with van der Waals surface area (Å²) in [5.74, 6) is -0.155. The number of benzene rings is 1. The van der Waals surface area contributed by atoms with E-state index in [1.54, 1.807) is 0 Å². The quantitative estimate of drug-likeness (QED) is 0.803. The summed E-state index contributed by atoms with van der Waals surface area (Å²) in [4.78, 5) is 32.0. The maximum absolute atomic E-state index is 12.9. The topological polar surface area (TPSA) is 79.3 Å². The van der Waals surface area contributed by atoms with Gasteiger partial charge in [-0.2, -0.15) is 0 Å². The van der Waals surface area contributed by atoms with Crippen LogP contribution in [0.25, 0.3) is 0 Å². The van der Waals surface area contributed by atoms with E-state index >= 15 is 0 Å². The number of aryl methyl sites for hydroxylation is 2. The van der Waals surface area contributed by atoms with Crippen molar-refractivity contribution in [2.75, 3.05) is 32.5 Å². The maximum atomic E-state index is 12.9. The summed E-state index contributed by atoms with van der Waals surface area (Å²) in [6, 6.07) is 5.93. The normalized spacial score (nSPS) is 13.3. The number of hydrogen-bond acceptors (Lipinski definition) is 4. The van der Waals surface area contributed by atoms with Gasteiger partial charge >= 0.3 is 0 Å². The van der Waals surface area contributed by atoms with Crippen molar-refractivity contribution in [3.05, 3.63) is 46.5 Å². The van der Waals surface area contributed by atoms with Gasteiger partial charge in [0.05, 0.1) is 5.69 Å². The lowest BCUT2D eigenvalue weighted by atomic mass is 10.1. The van der Waals surface area contributed by atoms with Crippen LogP contribution in [0.1, 0.15) is 50.8 Å². The second kappa shape index (κ2) is 8.56. The van der Waals surface area contributed by atoms with Crippen molar-refractivity contribution in [1.29, 1.82) is 0 Å². The summed E-state index contributed by atoms with van der Waals surface area (Å²) in [5, 5.41) is 5.85. The van der Waals surface area contributed by atoms with Gasteiger partial charge in [-0.05, 0) is 70.5 Å². The van der Waals surface area contributed by atoms with E-state index in [-0.39, 0.29) is 11.8 Å². The molecule has 3 rings (SSSR count). The Balaban J connectivity index is 1.83. The lowest BCUT2D eigenvalue weighted by Gasteiger charge is -2.17. The molecule has 1 aliphatic rings. The highest BCUT2D eigenvalue weighted by molar-refractivity contribution is 6.05. The first-order chi connectivity index (χ1) is 13.3. The molecule has 2 amide bonds. The van der Waals surface area contributed by atoms with Crippen molar-refractivity contribution in [3.8, 4) is 0 Å².